The Morgan fingerprint density at radius 2 is 2.13 bits per heavy atom. The van der Waals surface area contributed by atoms with Crippen molar-refractivity contribution in [1.29, 1.82) is 0 Å². The number of hydrogen-bond acceptors (Lipinski definition) is 3. The molecule has 2 N–H and O–H groups in total. The minimum absolute atomic E-state index is 0.110. The molecule has 0 bridgehead atoms. The lowest BCUT2D eigenvalue weighted by atomic mass is 9.83. The Morgan fingerprint density at radius 1 is 1.35 bits per heavy atom. The number of likely N-dealkylation sites (tertiary alicyclic amines) is 1. The van der Waals surface area contributed by atoms with Crippen molar-refractivity contribution in [2.75, 3.05) is 13.1 Å². The lowest BCUT2D eigenvalue weighted by molar-refractivity contribution is -0.129. The molecule has 23 heavy (non-hydrogen) atoms. The first-order valence-corrected chi connectivity index (χ1v) is 8.90. The zero-order valence-electron chi connectivity index (χ0n) is 14.7. The first kappa shape index (κ1) is 16.5. The Labute approximate surface area is 139 Å². The molecule has 3 rings (SSSR count). The van der Waals surface area contributed by atoms with Crippen LogP contribution in [0, 0.1) is 11.3 Å². The highest BCUT2D eigenvalue weighted by Gasteiger charge is 2.35. The van der Waals surface area contributed by atoms with Crippen LogP contribution in [0.3, 0.4) is 0 Å². The van der Waals surface area contributed by atoms with Gasteiger partial charge in [-0.2, -0.15) is 5.10 Å². The second-order valence-corrected chi connectivity index (χ2v) is 8.46. The molecule has 1 saturated heterocycles. The van der Waals surface area contributed by atoms with Crippen LogP contribution >= 0.6 is 0 Å². The molecule has 0 aromatic carbocycles. The maximum atomic E-state index is 12.7. The van der Waals surface area contributed by atoms with Crippen molar-refractivity contribution in [3.63, 3.8) is 0 Å². The van der Waals surface area contributed by atoms with Gasteiger partial charge in [0.15, 0.2) is 0 Å². The second kappa shape index (κ2) is 6.27. The van der Waals surface area contributed by atoms with Gasteiger partial charge in [-0.25, -0.2) is 0 Å². The van der Waals surface area contributed by atoms with Gasteiger partial charge in [0.1, 0.15) is 0 Å². The van der Waals surface area contributed by atoms with Crippen LogP contribution < -0.4 is 5.73 Å². The van der Waals surface area contributed by atoms with E-state index < -0.39 is 0 Å². The van der Waals surface area contributed by atoms with Gasteiger partial charge in [-0.3, -0.25) is 9.48 Å². The minimum Gasteiger partial charge on any atom is -0.341 e. The van der Waals surface area contributed by atoms with Gasteiger partial charge in [-0.05, 0) is 37.0 Å². The van der Waals surface area contributed by atoms with E-state index >= 15 is 0 Å². The van der Waals surface area contributed by atoms with Gasteiger partial charge in [0.2, 0.25) is 5.91 Å². The van der Waals surface area contributed by atoms with Crippen molar-refractivity contribution < 1.29 is 4.79 Å². The van der Waals surface area contributed by atoms with Crippen molar-refractivity contribution in [2.24, 2.45) is 17.1 Å². The third-order valence-corrected chi connectivity index (χ3v) is 5.13. The van der Waals surface area contributed by atoms with Gasteiger partial charge < -0.3 is 10.6 Å². The van der Waals surface area contributed by atoms with E-state index in [1.807, 2.05) is 11.1 Å². The lowest BCUT2D eigenvalue weighted by Gasteiger charge is -2.24. The fourth-order valence-electron chi connectivity index (χ4n) is 4.01. The summed E-state index contributed by atoms with van der Waals surface area (Å²) in [7, 11) is 0. The van der Waals surface area contributed by atoms with E-state index in [0.29, 0.717) is 18.9 Å². The van der Waals surface area contributed by atoms with Crippen LogP contribution in [-0.4, -0.2) is 39.7 Å². The van der Waals surface area contributed by atoms with Crippen LogP contribution in [-0.2, 0) is 24.2 Å². The zero-order chi connectivity index (χ0) is 16.6. The number of nitrogens with zero attached hydrogens (tertiary/aromatic N) is 3. The zero-order valence-corrected chi connectivity index (χ0v) is 14.7. The third kappa shape index (κ3) is 3.77. The Morgan fingerprint density at radius 3 is 2.87 bits per heavy atom. The molecule has 1 aromatic heterocycles. The van der Waals surface area contributed by atoms with Gasteiger partial charge in [-0.15, -0.1) is 0 Å². The maximum Gasteiger partial charge on any atom is 0.227 e. The summed E-state index contributed by atoms with van der Waals surface area (Å²) in [4.78, 5) is 14.7. The van der Waals surface area contributed by atoms with E-state index in [1.165, 1.54) is 18.5 Å². The van der Waals surface area contributed by atoms with Gasteiger partial charge >= 0.3 is 0 Å². The summed E-state index contributed by atoms with van der Waals surface area (Å²) >= 11 is 0. The van der Waals surface area contributed by atoms with E-state index in [-0.39, 0.29) is 17.4 Å². The first-order chi connectivity index (χ1) is 10.8. The molecule has 3 heterocycles. The van der Waals surface area contributed by atoms with Crippen LogP contribution in [0.4, 0.5) is 0 Å². The Hall–Kier alpha value is -1.36. The molecule has 0 unspecified atom stereocenters. The highest BCUT2D eigenvalue weighted by atomic mass is 16.2. The highest BCUT2D eigenvalue weighted by molar-refractivity contribution is 5.79. The van der Waals surface area contributed by atoms with Gasteiger partial charge in [0, 0.05) is 36.9 Å². The molecule has 0 spiro atoms. The summed E-state index contributed by atoms with van der Waals surface area (Å²) in [6.07, 6.45) is 6.88. The monoisotopic (exact) mass is 318 g/mol. The largest absolute Gasteiger partial charge is 0.341 e. The summed E-state index contributed by atoms with van der Waals surface area (Å²) in [5, 5.41) is 4.44. The fourth-order valence-corrected chi connectivity index (χ4v) is 4.01. The van der Waals surface area contributed by atoms with Gasteiger partial charge in [-0.1, -0.05) is 20.8 Å². The quantitative estimate of drug-likeness (QED) is 0.927. The molecule has 2 aliphatic heterocycles. The average molecular weight is 318 g/mol. The highest BCUT2D eigenvalue weighted by Crippen LogP contribution is 2.30. The Bertz CT molecular complexity index is 572. The predicted molar refractivity (Wildman–Crippen MR) is 91.0 cm³/mol. The lowest BCUT2D eigenvalue weighted by Crippen LogP contribution is -2.33. The Balaban J connectivity index is 1.62. The van der Waals surface area contributed by atoms with Crippen LogP contribution in [0.25, 0.3) is 0 Å². The standard InChI is InChI=1S/C18H30N4O/c1-18(2,3)9-14-11-21(12-15(14)19)17(23)8-13-10-20-22-7-5-4-6-16(13)22/h10,14-15H,4-9,11-12,19H2,1-3H3/t14-,15-/m1/s1. The maximum absolute atomic E-state index is 12.7. The fraction of sp³-hybridized carbons (Fsp3) is 0.778. The molecular formula is C18H30N4O. The van der Waals surface area contributed by atoms with Crippen molar-refractivity contribution in [2.45, 2.75) is 65.5 Å². The number of aryl methyl sites for hydroxylation is 1. The number of hydrogen-bond donors (Lipinski definition) is 1. The molecule has 1 amide bonds. The molecule has 128 valence electrons. The van der Waals surface area contributed by atoms with Crippen LogP contribution in [0.2, 0.25) is 0 Å². The number of aromatic nitrogens is 2. The SMILES string of the molecule is CC(C)(C)C[C@@H]1CN(C(=O)Cc2cnn3c2CCCC3)C[C@H]1N. The number of carbonyl (C=O) groups excluding carboxylic acids is 1. The molecule has 1 aromatic rings. The number of amides is 1. The summed E-state index contributed by atoms with van der Waals surface area (Å²) < 4.78 is 2.07. The van der Waals surface area contributed by atoms with Crippen LogP contribution in [0.5, 0.6) is 0 Å². The normalized spacial score (nSPS) is 24.8. The van der Waals surface area contributed by atoms with Gasteiger partial charge in [0.05, 0.1) is 12.6 Å². The first-order valence-electron chi connectivity index (χ1n) is 8.90. The smallest absolute Gasteiger partial charge is 0.227 e. The van der Waals surface area contributed by atoms with E-state index in [9.17, 15) is 4.79 Å². The van der Waals surface area contributed by atoms with Crippen molar-refractivity contribution in [3.05, 3.63) is 17.5 Å². The number of carbonyl (C=O) groups is 1. The molecule has 1 fully saturated rings. The summed E-state index contributed by atoms with van der Waals surface area (Å²) in [6, 6.07) is 0.110. The average Bonchev–Trinajstić information content (AvgIpc) is 3.03. The van der Waals surface area contributed by atoms with E-state index in [4.69, 9.17) is 5.73 Å². The number of rotatable bonds is 3. The molecule has 2 aliphatic rings. The summed E-state index contributed by atoms with van der Waals surface area (Å²) in [5.41, 5.74) is 8.92. The number of nitrogens with two attached hydrogens (primary N) is 1. The van der Waals surface area contributed by atoms with Crippen LogP contribution in [0.1, 0.15) is 51.3 Å². The van der Waals surface area contributed by atoms with Gasteiger partial charge in [0.25, 0.3) is 0 Å². The van der Waals surface area contributed by atoms with Crippen LogP contribution in [0.15, 0.2) is 6.20 Å². The third-order valence-electron chi connectivity index (χ3n) is 5.13. The van der Waals surface area contributed by atoms with E-state index in [2.05, 4.69) is 30.6 Å². The molecular weight excluding hydrogens is 288 g/mol. The van der Waals surface area contributed by atoms with Crippen molar-refractivity contribution >= 4 is 5.91 Å². The molecule has 2 atom stereocenters. The van der Waals surface area contributed by atoms with Crippen molar-refractivity contribution in [3.8, 4) is 0 Å². The topological polar surface area (TPSA) is 64.2 Å². The summed E-state index contributed by atoms with van der Waals surface area (Å²) in [6.45, 7) is 9.21. The molecule has 5 nitrogen and oxygen atoms in total. The molecule has 0 saturated carbocycles. The van der Waals surface area contributed by atoms with E-state index in [1.54, 1.807) is 0 Å². The van der Waals surface area contributed by atoms with Crippen molar-refractivity contribution in [1.82, 2.24) is 14.7 Å². The Kier molecular flexibility index (Phi) is 4.50. The minimum atomic E-state index is 0.110. The molecule has 5 heteroatoms. The van der Waals surface area contributed by atoms with E-state index in [0.717, 1.165) is 31.5 Å². The predicted octanol–water partition coefficient (Wildman–Crippen LogP) is 1.98. The molecule has 0 radical (unpaired) electrons. The molecule has 0 aliphatic carbocycles. The summed E-state index contributed by atoms with van der Waals surface area (Å²) in [5.74, 6) is 0.623. The second-order valence-electron chi connectivity index (χ2n) is 8.46. The number of fused-ring (bicyclic) bond motifs is 1.